The van der Waals surface area contributed by atoms with Crippen molar-refractivity contribution in [1.82, 2.24) is 5.32 Å². The molecule has 140 valence electrons. The number of hydrogen-bond acceptors (Lipinski definition) is 2. The molecule has 5 rings (SSSR count). The van der Waals surface area contributed by atoms with E-state index >= 15 is 0 Å². The first-order valence-corrected chi connectivity index (χ1v) is 10.1. The molecular formula is C22H30N2O2. The summed E-state index contributed by atoms with van der Waals surface area (Å²) in [6.45, 7) is 3.72. The van der Waals surface area contributed by atoms with Crippen LogP contribution < -0.4 is 10.6 Å². The van der Waals surface area contributed by atoms with E-state index in [1.807, 2.05) is 24.3 Å². The first-order chi connectivity index (χ1) is 12.4. The number of benzene rings is 1. The highest BCUT2D eigenvalue weighted by Crippen LogP contribution is 2.61. The van der Waals surface area contributed by atoms with Crippen LogP contribution in [0, 0.1) is 23.2 Å². The van der Waals surface area contributed by atoms with Crippen molar-refractivity contribution in [2.24, 2.45) is 23.2 Å². The Bertz CT molecular complexity index is 659. The van der Waals surface area contributed by atoms with Crippen LogP contribution in [0.4, 0.5) is 5.69 Å². The number of nitrogens with one attached hydrogen (secondary N) is 2. The van der Waals surface area contributed by atoms with Crippen LogP contribution >= 0.6 is 0 Å². The maximum Gasteiger partial charge on any atom is 0.224 e. The SMILES string of the molecule is CC(=O)Nc1ccc(CC(=O)NC(C)C23CC4CC(CC(C4)C2)C3)cc1. The van der Waals surface area contributed by atoms with Gasteiger partial charge < -0.3 is 10.6 Å². The van der Waals surface area contributed by atoms with Gasteiger partial charge in [-0.3, -0.25) is 9.59 Å². The molecule has 1 unspecified atom stereocenters. The lowest BCUT2D eigenvalue weighted by Crippen LogP contribution is -2.56. The molecule has 4 bridgehead atoms. The zero-order chi connectivity index (χ0) is 18.3. The minimum Gasteiger partial charge on any atom is -0.353 e. The molecular weight excluding hydrogens is 324 g/mol. The fraction of sp³-hybridized carbons (Fsp3) is 0.636. The summed E-state index contributed by atoms with van der Waals surface area (Å²) in [5, 5.41) is 6.08. The monoisotopic (exact) mass is 354 g/mol. The van der Waals surface area contributed by atoms with Crippen LogP contribution in [0.2, 0.25) is 0 Å². The summed E-state index contributed by atoms with van der Waals surface area (Å²) in [6.07, 6.45) is 8.63. The number of amides is 2. The number of hydrogen-bond donors (Lipinski definition) is 2. The minimum atomic E-state index is -0.0834. The van der Waals surface area contributed by atoms with E-state index in [9.17, 15) is 9.59 Å². The fourth-order valence-electron chi connectivity index (χ4n) is 6.25. The molecule has 0 radical (unpaired) electrons. The van der Waals surface area contributed by atoms with E-state index < -0.39 is 0 Å². The molecule has 4 heteroatoms. The van der Waals surface area contributed by atoms with Gasteiger partial charge in [-0.05, 0) is 86.3 Å². The summed E-state index contributed by atoms with van der Waals surface area (Å²) < 4.78 is 0. The van der Waals surface area contributed by atoms with E-state index in [0.29, 0.717) is 11.8 Å². The minimum absolute atomic E-state index is 0.0834. The third-order valence-electron chi connectivity index (χ3n) is 7.02. The predicted molar refractivity (Wildman–Crippen MR) is 103 cm³/mol. The zero-order valence-electron chi connectivity index (χ0n) is 15.9. The van der Waals surface area contributed by atoms with Crippen LogP contribution in [0.15, 0.2) is 24.3 Å². The topological polar surface area (TPSA) is 58.2 Å². The second-order valence-electron chi connectivity index (χ2n) is 9.12. The van der Waals surface area contributed by atoms with Crippen molar-refractivity contribution in [1.29, 1.82) is 0 Å². The van der Waals surface area contributed by atoms with Crippen molar-refractivity contribution in [2.75, 3.05) is 5.32 Å². The van der Waals surface area contributed by atoms with E-state index in [2.05, 4.69) is 17.6 Å². The summed E-state index contributed by atoms with van der Waals surface area (Å²) >= 11 is 0. The van der Waals surface area contributed by atoms with Crippen molar-refractivity contribution in [3.63, 3.8) is 0 Å². The Balaban J connectivity index is 1.35. The Labute approximate surface area is 156 Å². The zero-order valence-corrected chi connectivity index (χ0v) is 15.9. The molecule has 4 aliphatic rings. The quantitative estimate of drug-likeness (QED) is 0.842. The largest absolute Gasteiger partial charge is 0.353 e. The maximum atomic E-state index is 12.6. The summed E-state index contributed by atoms with van der Waals surface area (Å²) in [5.74, 6) is 2.74. The van der Waals surface area contributed by atoms with E-state index in [4.69, 9.17) is 0 Å². The highest BCUT2D eigenvalue weighted by atomic mass is 16.2. The highest BCUT2D eigenvalue weighted by molar-refractivity contribution is 5.88. The van der Waals surface area contributed by atoms with Gasteiger partial charge in [0, 0.05) is 18.7 Å². The van der Waals surface area contributed by atoms with Crippen LogP contribution in [-0.4, -0.2) is 17.9 Å². The molecule has 0 saturated heterocycles. The molecule has 4 fully saturated rings. The molecule has 0 heterocycles. The molecule has 4 saturated carbocycles. The molecule has 2 amide bonds. The van der Waals surface area contributed by atoms with Crippen molar-refractivity contribution in [3.05, 3.63) is 29.8 Å². The van der Waals surface area contributed by atoms with E-state index in [1.165, 1.54) is 45.4 Å². The number of carbonyl (C=O) groups is 2. The molecule has 4 nitrogen and oxygen atoms in total. The van der Waals surface area contributed by atoms with Gasteiger partial charge >= 0.3 is 0 Å². The Hall–Kier alpha value is -1.84. The van der Waals surface area contributed by atoms with E-state index in [1.54, 1.807) is 0 Å². The van der Waals surface area contributed by atoms with Crippen molar-refractivity contribution in [2.45, 2.75) is 64.8 Å². The molecule has 0 aliphatic heterocycles. The van der Waals surface area contributed by atoms with Gasteiger partial charge in [-0.2, -0.15) is 0 Å². The second-order valence-corrected chi connectivity index (χ2v) is 9.12. The van der Waals surface area contributed by atoms with Crippen LogP contribution in [0.1, 0.15) is 57.9 Å². The molecule has 2 N–H and O–H groups in total. The van der Waals surface area contributed by atoms with Gasteiger partial charge in [0.05, 0.1) is 6.42 Å². The third-order valence-corrected chi connectivity index (χ3v) is 7.02. The lowest BCUT2D eigenvalue weighted by atomic mass is 9.48. The molecule has 1 aromatic carbocycles. The van der Waals surface area contributed by atoms with Crippen LogP contribution in [0.3, 0.4) is 0 Å². The summed E-state index contributed by atoms with van der Waals surface area (Å²) in [6, 6.07) is 7.81. The Morgan fingerprint density at radius 2 is 1.58 bits per heavy atom. The normalized spacial score (nSPS) is 32.9. The smallest absolute Gasteiger partial charge is 0.224 e. The molecule has 1 atom stereocenters. The standard InChI is InChI=1S/C22H30N2O2/c1-14(22-11-17-7-18(12-22)9-19(8-17)13-22)23-21(26)10-16-3-5-20(6-4-16)24-15(2)25/h3-6,14,17-19H,7-13H2,1-2H3,(H,23,26)(H,24,25). The fourth-order valence-corrected chi connectivity index (χ4v) is 6.25. The van der Waals surface area contributed by atoms with Gasteiger partial charge in [0.15, 0.2) is 0 Å². The summed E-state index contributed by atoms with van der Waals surface area (Å²) in [4.78, 5) is 23.7. The third kappa shape index (κ3) is 3.51. The van der Waals surface area contributed by atoms with Gasteiger partial charge in [-0.1, -0.05) is 12.1 Å². The predicted octanol–water partition coefficient (Wildman–Crippen LogP) is 3.91. The summed E-state index contributed by atoms with van der Waals surface area (Å²) in [7, 11) is 0. The highest BCUT2D eigenvalue weighted by Gasteiger charge is 2.53. The number of anilines is 1. The maximum absolute atomic E-state index is 12.6. The van der Waals surface area contributed by atoms with Gasteiger partial charge in [0.2, 0.25) is 11.8 Å². The van der Waals surface area contributed by atoms with Gasteiger partial charge in [0.1, 0.15) is 0 Å². The average Bonchev–Trinajstić information content (AvgIpc) is 2.55. The van der Waals surface area contributed by atoms with Gasteiger partial charge in [-0.25, -0.2) is 0 Å². The molecule has 4 aliphatic carbocycles. The Kier molecular flexibility index (Phi) is 4.54. The number of rotatable bonds is 5. The van der Waals surface area contributed by atoms with Crippen molar-refractivity contribution in [3.8, 4) is 0 Å². The van der Waals surface area contributed by atoms with Gasteiger partial charge in [0.25, 0.3) is 0 Å². The van der Waals surface area contributed by atoms with Gasteiger partial charge in [-0.15, -0.1) is 0 Å². The van der Waals surface area contributed by atoms with Crippen LogP contribution in [-0.2, 0) is 16.0 Å². The lowest BCUT2D eigenvalue weighted by Gasteiger charge is -2.59. The van der Waals surface area contributed by atoms with Crippen LogP contribution in [0.5, 0.6) is 0 Å². The van der Waals surface area contributed by atoms with Crippen molar-refractivity contribution < 1.29 is 9.59 Å². The average molecular weight is 354 g/mol. The molecule has 26 heavy (non-hydrogen) atoms. The lowest BCUT2D eigenvalue weighted by molar-refractivity contribution is -0.125. The molecule has 1 aromatic rings. The Morgan fingerprint density at radius 1 is 1.04 bits per heavy atom. The first kappa shape index (κ1) is 17.6. The molecule has 0 aromatic heterocycles. The van der Waals surface area contributed by atoms with E-state index in [0.717, 1.165) is 29.0 Å². The van der Waals surface area contributed by atoms with Crippen molar-refractivity contribution >= 4 is 17.5 Å². The van der Waals surface area contributed by atoms with Crippen LogP contribution in [0.25, 0.3) is 0 Å². The second kappa shape index (κ2) is 6.71. The van der Waals surface area contributed by atoms with E-state index in [-0.39, 0.29) is 17.9 Å². The number of carbonyl (C=O) groups excluding carboxylic acids is 2. The summed E-state index contributed by atoms with van der Waals surface area (Å²) in [5.41, 5.74) is 2.09. The molecule has 0 spiro atoms. The Morgan fingerprint density at radius 3 is 2.08 bits per heavy atom. The first-order valence-electron chi connectivity index (χ1n) is 10.1.